The van der Waals surface area contributed by atoms with Crippen molar-refractivity contribution in [2.45, 2.75) is 0 Å². The van der Waals surface area contributed by atoms with Gasteiger partial charge in [-0.2, -0.15) is 0 Å². The smallest absolute Gasteiger partial charge is 0.220 e. The first-order chi connectivity index (χ1) is 6.79. The highest BCUT2D eigenvalue weighted by Gasteiger charge is 2.00. The summed E-state index contributed by atoms with van der Waals surface area (Å²) in [5.41, 5.74) is 0.523. The molecule has 0 spiro atoms. The highest BCUT2D eigenvalue weighted by molar-refractivity contribution is 5.58. The molecule has 0 heterocycles. The van der Waals surface area contributed by atoms with Crippen LogP contribution in [0.5, 0.6) is 5.75 Å². The van der Waals surface area contributed by atoms with Gasteiger partial charge >= 0.3 is 0 Å². The highest BCUT2D eigenvalue weighted by atomic mass is 16.5. The van der Waals surface area contributed by atoms with Crippen molar-refractivity contribution >= 4 is 6.08 Å². The predicted octanol–water partition coefficient (Wildman–Crippen LogP) is 1.70. The van der Waals surface area contributed by atoms with Crippen molar-refractivity contribution in [2.75, 3.05) is 7.11 Å². The molecule has 1 aromatic carbocycles. The first kappa shape index (κ1) is 10.1. The van der Waals surface area contributed by atoms with Crippen molar-refractivity contribution in [3.63, 3.8) is 0 Å². The van der Waals surface area contributed by atoms with Gasteiger partial charge in [-0.1, -0.05) is 24.1 Å². The Morgan fingerprint density at radius 1 is 1.43 bits per heavy atom. The summed E-state index contributed by atoms with van der Waals surface area (Å²) in [5.74, 6) is 2.67. The Labute approximate surface area is 82.9 Å². The number of terminal acetylenes is 1. The molecule has 0 saturated heterocycles. The molecule has 0 amide bonds. The van der Waals surface area contributed by atoms with Gasteiger partial charge in [-0.05, 0) is 18.2 Å². The van der Waals surface area contributed by atoms with Crippen LogP contribution in [-0.4, -0.2) is 7.11 Å². The van der Waals surface area contributed by atoms with Crippen molar-refractivity contribution in [3.05, 3.63) is 46.1 Å². The van der Waals surface area contributed by atoms with Gasteiger partial charge in [0.1, 0.15) is 0 Å². The van der Waals surface area contributed by atoms with E-state index in [9.17, 15) is 4.79 Å². The molecule has 0 radical (unpaired) electrons. The summed E-state index contributed by atoms with van der Waals surface area (Å²) in [6.45, 7) is 0. The largest absolute Gasteiger partial charge is 0.492 e. The third-order valence-electron chi connectivity index (χ3n) is 1.68. The van der Waals surface area contributed by atoms with Gasteiger partial charge in [0.2, 0.25) is 5.43 Å². The quantitative estimate of drug-likeness (QED) is 0.657. The average Bonchev–Trinajstić information content (AvgIpc) is 2.36. The fourth-order valence-corrected chi connectivity index (χ4v) is 1.08. The van der Waals surface area contributed by atoms with Crippen LogP contribution in [0.3, 0.4) is 0 Å². The zero-order chi connectivity index (χ0) is 10.4. The Hall–Kier alpha value is -2.01. The van der Waals surface area contributed by atoms with Gasteiger partial charge in [0.25, 0.3) is 0 Å². The van der Waals surface area contributed by atoms with E-state index in [0.29, 0.717) is 11.3 Å². The van der Waals surface area contributed by atoms with Crippen LogP contribution in [0, 0.1) is 12.3 Å². The topological polar surface area (TPSA) is 26.3 Å². The van der Waals surface area contributed by atoms with E-state index < -0.39 is 0 Å². The van der Waals surface area contributed by atoms with E-state index in [1.165, 1.54) is 19.3 Å². The minimum absolute atomic E-state index is 0.158. The Balaban J connectivity index is 3.38. The van der Waals surface area contributed by atoms with E-state index in [1.54, 1.807) is 24.3 Å². The van der Waals surface area contributed by atoms with E-state index in [0.717, 1.165) is 0 Å². The Kier molecular flexibility index (Phi) is 3.51. The average molecular weight is 186 g/mol. The van der Waals surface area contributed by atoms with Crippen LogP contribution in [0.15, 0.2) is 35.1 Å². The lowest BCUT2D eigenvalue weighted by Crippen LogP contribution is -2.01. The number of allylic oxidation sites excluding steroid dienone is 1. The van der Waals surface area contributed by atoms with Crippen molar-refractivity contribution in [2.24, 2.45) is 0 Å². The molecule has 0 aliphatic carbocycles. The lowest BCUT2D eigenvalue weighted by atomic mass is 10.2. The van der Waals surface area contributed by atoms with Gasteiger partial charge in [0.05, 0.1) is 7.11 Å². The van der Waals surface area contributed by atoms with E-state index in [4.69, 9.17) is 11.2 Å². The van der Waals surface area contributed by atoms with Crippen molar-refractivity contribution in [1.82, 2.24) is 0 Å². The summed E-state index contributed by atoms with van der Waals surface area (Å²) in [7, 11) is 1.46. The number of hydrogen-bond donors (Lipinski definition) is 0. The molecule has 0 bridgehead atoms. The molecule has 0 atom stereocenters. The summed E-state index contributed by atoms with van der Waals surface area (Å²) >= 11 is 0. The molecule has 70 valence electrons. The predicted molar refractivity (Wildman–Crippen MR) is 57.1 cm³/mol. The van der Waals surface area contributed by atoms with Crippen LogP contribution in [0.2, 0.25) is 0 Å². The molecule has 0 fully saturated rings. The third kappa shape index (κ3) is 2.24. The number of methoxy groups -OCH3 is 1. The molecular formula is C12H10O2. The molecule has 2 heteroatoms. The molecule has 1 aromatic rings. The SMILES string of the molecule is C#C/C=C/c1ccccc(=O)c1OC. The number of hydrogen-bond acceptors (Lipinski definition) is 2. The molecule has 1 rings (SSSR count). The molecule has 0 aliphatic rings. The van der Waals surface area contributed by atoms with Crippen LogP contribution < -0.4 is 10.2 Å². The van der Waals surface area contributed by atoms with E-state index in [2.05, 4.69) is 5.92 Å². The molecule has 0 aliphatic heterocycles. The number of rotatable bonds is 2. The molecule has 0 N–H and O–H groups in total. The van der Waals surface area contributed by atoms with Gasteiger partial charge in [-0.25, -0.2) is 0 Å². The van der Waals surface area contributed by atoms with E-state index in [1.807, 2.05) is 0 Å². The van der Waals surface area contributed by atoms with Crippen molar-refractivity contribution < 1.29 is 4.74 Å². The monoisotopic (exact) mass is 186 g/mol. The summed E-state index contributed by atoms with van der Waals surface area (Å²) in [6, 6.07) is 6.65. The van der Waals surface area contributed by atoms with Crippen molar-refractivity contribution in [3.8, 4) is 18.1 Å². The van der Waals surface area contributed by atoms with Crippen LogP contribution >= 0.6 is 0 Å². The second-order valence-electron chi connectivity index (χ2n) is 2.57. The molecule has 0 saturated carbocycles. The molecule has 0 aromatic heterocycles. The van der Waals surface area contributed by atoms with Gasteiger partial charge in [-0.15, -0.1) is 6.42 Å². The van der Waals surface area contributed by atoms with Gasteiger partial charge < -0.3 is 4.74 Å². The zero-order valence-electron chi connectivity index (χ0n) is 7.86. The van der Waals surface area contributed by atoms with E-state index >= 15 is 0 Å². The molecule has 2 nitrogen and oxygen atoms in total. The summed E-state index contributed by atoms with van der Waals surface area (Å²) in [5, 5.41) is 0. The van der Waals surface area contributed by atoms with Crippen LogP contribution in [0.25, 0.3) is 6.08 Å². The summed E-state index contributed by atoms with van der Waals surface area (Å²) in [6.07, 6.45) is 8.27. The Morgan fingerprint density at radius 3 is 2.79 bits per heavy atom. The normalized spacial score (nSPS) is 9.71. The standard InChI is InChI=1S/C12H10O2/c1-3-4-7-10-8-5-6-9-11(13)12(10)14-2/h1,4-9H,2H3/b7-4+. The third-order valence-corrected chi connectivity index (χ3v) is 1.68. The number of ether oxygens (including phenoxy) is 1. The zero-order valence-corrected chi connectivity index (χ0v) is 7.86. The fraction of sp³-hybridized carbons (Fsp3) is 0.0833. The highest BCUT2D eigenvalue weighted by Crippen LogP contribution is 2.12. The van der Waals surface area contributed by atoms with E-state index in [-0.39, 0.29) is 5.43 Å². The van der Waals surface area contributed by atoms with Crippen LogP contribution in [0.1, 0.15) is 5.56 Å². The first-order valence-corrected chi connectivity index (χ1v) is 4.09. The second kappa shape index (κ2) is 4.88. The Morgan fingerprint density at radius 2 is 2.14 bits per heavy atom. The second-order valence-corrected chi connectivity index (χ2v) is 2.57. The minimum atomic E-state index is -0.158. The van der Waals surface area contributed by atoms with Gasteiger partial charge in [0.15, 0.2) is 5.75 Å². The fourth-order valence-electron chi connectivity index (χ4n) is 1.08. The van der Waals surface area contributed by atoms with Gasteiger partial charge in [0, 0.05) is 5.56 Å². The lowest BCUT2D eigenvalue weighted by molar-refractivity contribution is 0.410. The summed E-state index contributed by atoms with van der Waals surface area (Å²) in [4.78, 5) is 11.4. The van der Waals surface area contributed by atoms with Crippen molar-refractivity contribution in [1.29, 1.82) is 0 Å². The molecular weight excluding hydrogens is 176 g/mol. The summed E-state index contributed by atoms with van der Waals surface area (Å²) < 4.78 is 5.00. The maximum absolute atomic E-state index is 11.4. The van der Waals surface area contributed by atoms with Gasteiger partial charge in [-0.3, -0.25) is 4.79 Å². The lowest BCUT2D eigenvalue weighted by Gasteiger charge is -1.97. The van der Waals surface area contributed by atoms with Crippen LogP contribution in [0.4, 0.5) is 0 Å². The molecule has 14 heavy (non-hydrogen) atoms. The molecule has 0 unspecified atom stereocenters. The maximum atomic E-state index is 11.4. The first-order valence-electron chi connectivity index (χ1n) is 4.09. The minimum Gasteiger partial charge on any atom is -0.492 e. The van der Waals surface area contributed by atoms with Crippen LogP contribution in [-0.2, 0) is 0 Å². The maximum Gasteiger partial charge on any atom is 0.220 e. The Bertz CT molecular complexity index is 439.